The number of para-hydroxylation sites is 1. The Bertz CT molecular complexity index is 1040. The van der Waals surface area contributed by atoms with E-state index in [1.807, 2.05) is 25.1 Å². The van der Waals surface area contributed by atoms with Gasteiger partial charge in [-0.15, -0.1) is 0 Å². The lowest BCUT2D eigenvalue weighted by Crippen LogP contribution is -2.31. The van der Waals surface area contributed by atoms with Gasteiger partial charge in [0.15, 0.2) is 0 Å². The van der Waals surface area contributed by atoms with E-state index in [0.29, 0.717) is 24.1 Å². The fourth-order valence-electron chi connectivity index (χ4n) is 3.07. The molecule has 2 heterocycles. The molecule has 27 heavy (non-hydrogen) atoms. The number of pyridine rings is 2. The van der Waals surface area contributed by atoms with Crippen molar-refractivity contribution in [2.45, 2.75) is 20.0 Å². The lowest BCUT2D eigenvalue weighted by Gasteiger charge is -2.14. The van der Waals surface area contributed by atoms with Gasteiger partial charge in [-0.05, 0) is 18.1 Å². The smallest absolute Gasteiger partial charge is 0.263 e. The van der Waals surface area contributed by atoms with Crippen molar-refractivity contribution in [2.75, 3.05) is 19.4 Å². The number of methoxy groups -OCH3 is 1. The minimum atomic E-state index is -0.516. The van der Waals surface area contributed by atoms with Crippen molar-refractivity contribution in [3.8, 4) is 11.1 Å². The summed E-state index contributed by atoms with van der Waals surface area (Å²) < 4.78 is 5.26. The van der Waals surface area contributed by atoms with Gasteiger partial charge in [-0.2, -0.15) is 0 Å². The van der Waals surface area contributed by atoms with E-state index in [0.717, 1.165) is 23.1 Å². The molecular formula is C20H22N4O3. The lowest BCUT2D eigenvalue weighted by atomic mass is 9.98. The van der Waals surface area contributed by atoms with Crippen molar-refractivity contribution >= 4 is 22.5 Å². The van der Waals surface area contributed by atoms with Crippen LogP contribution >= 0.6 is 0 Å². The predicted molar refractivity (Wildman–Crippen MR) is 106 cm³/mol. The summed E-state index contributed by atoms with van der Waals surface area (Å²) in [7, 11) is 1.62. The third-order valence-electron chi connectivity index (χ3n) is 4.35. The number of aromatic amines is 1. The third-order valence-corrected chi connectivity index (χ3v) is 4.35. The van der Waals surface area contributed by atoms with Crippen molar-refractivity contribution in [3.63, 3.8) is 0 Å². The number of benzene rings is 1. The molecule has 0 aliphatic rings. The van der Waals surface area contributed by atoms with E-state index >= 15 is 0 Å². The molecule has 0 saturated heterocycles. The number of carbonyl (C=O) groups excluding carboxylic acids is 1. The molecule has 7 heteroatoms. The largest absolute Gasteiger partial charge is 0.397 e. The highest BCUT2D eigenvalue weighted by atomic mass is 16.5. The molecule has 1 amide bonds. The number of hydrogen-bond acceptors (Lipinski definition) is 5. The Balaban J connectivity index is 2.22. The van der Waals surface area contributed by atoms with Crippen LogP contribution < -0.4 is 16.6 Å². The van der Waals surface area contributed by atoms with E-state index in [9.17, 15) is 9.59 Å². The summed E-state index contributed by atoms with van der Waals surface area (Å²) in [6, 6.07) is 7.37. The Morgan fingerprint density at radius 2 is 2.11 bits per heavy atom. The molecule has 3 rings (SSSR count). The van der Waals surface area contributed by atoms with Crippen LogP contribution in [-0.2, 0) is 11.3 Å². The maximum atomic E-state index is 12.6. The van der Waals surface area contributed by atoms with Crippen molar-refractivity contribution < 1.29 is 9.53 Å². The maximum absolute atomic E-state index is 12.6. The molecule has 4 N–H and O–H groups in total. The van der Waals surface area contributed by atoms with Gasteiger partial charge in [0.25, 0.3) is 11.5 Å². The first-order chi connectivity index (χ1) is 13.1. The number of carbonyl (C=O) groups is 1. The van der Waals surface area contributed by atoms with Gasteiger partial charge in [0.05, 0.1) is 17.8 Å². The highest BCUT2D eigenvalue weighted by molar-refractivity contribution is 6.09. The van der Waals surface area contributed by atoms with Crippen molar-refractivity contribution in [1.82, 2.24) is 15.3 Å². The summed E-state index contributed by atoms with van der Waals surface area (Å²) in [5.74, 6) is -0.468. The number of fused-ring (bicyclic) bond motifs is 1. The standard InChI is InChI=1S/C20H22N4O3/c1-3-8-23-19(25)16-17(21)14-6-4-5-13(18(14)24-20(16)26)15-10-22-9-7-12(15)11-27-2/h4-7,9-10H,3,8,11H2,1-2H3,(H,23,25)(H3,21,24,26). The molecule has 0 fully saturated rings. The fourth-order valence-corrected chi connectivity index (χ4v) is 3.07. The number of amides is 1. The molecule has 0 spiro atoms. The second-order valence-corrected chi connectivity index (χ2v) is 6.19. The number of hydrogen-bond donors (Lipinski definition) is 3. The van der Waals surface area contributed by atoms with Gasteiger partial charge < -0.3 is 20.8 Å². The molecule has 0 radical (unpaired) electrons. The van der Waals surface area contributed by atoms with Crippen LogP contribution in [0.4, 0.5) is 5.69 Å². The van der Waals surface area contributed by atoms with Gasteiger partial charge >= 0.3 is 0 Å². The van der Waals surface area contributed by atoms with Gasteiger partial charge in [-0.3, -0.25) is 14.6 Å². The summed E-state index contributed by atoms with van der Waals surface area (Å²) in [5, 5.41) is 3.31. The summed E-state index contributed by atoms with van der Waals surface area (Å²) >= 11 is 0. The first-order valence-electron chi connectivity index (χ1n) is 8.73. The average molecular weight is 366 g/mol. The zero-order chi connectivity index (χ0) is 19.4. The van der Waals surface area contributed by atoms with Crippen LogP contribution in [0, 0.1) is 0 Å². The SMILES string of the molecule is CCCNC(=O)c1c(N)c2cccc(-c3cnccc3COC)c2[nH]c1=O. The van der Waals surface area contributed by atoms with E-state index in [-0.39, 0.29) is 11.3 Å². The molecular weight excluding hydrogens is 344 g/mol. The Morgan fingerprint density at radius 3 is 2.85 bits per heavy atom. The van der Waals surface area contributed by atoms with E-state index in [4.69, 9.17) is 10.5 Å². The lowest BCUT2D eigenvalue weighted by molar-refractivity contribution is 0.0953. The topological polar surface area (TPSA) is 110 Å². The van der Waals surface area contributed by atoms with Gasteiger partial charge in [0.1, 0.15) is 5.56 Å². The number of aromatic nitrogens is 2. The summed E-state index contributed by atoms with van der Waals surface area (Å²) in [6.45, 7) is 2.82. The van der Waals surface area contributed by atoms with Gasteiger partial charge in [-0.1, -0.05) is 25.1 Å². The van der Waals surface area contributed by atoms with Gasteiger partial charge in [0, 0.05) is 42.6 Å². The number of nitrogens with zero attached hydrogens (tertiary/aromatic N) is 1. The second kappa shape index (κ2) is 8.01. The van der Waals surface area contributed by atoms with Crippen LogP contribution in [0.3, 0.4) is 0 Å². The molecule has 0 saturated carbocycles. The summed E-state index contributed by atoms with van der Waals surface area (Å²) in [5.41, 5.74) is 8.92. The molecule has 0 aliphatic carbocycles. The molecule has 0 atom stereocenters. The van der Waals surface area contributed by atoms with Crippen LogP contribution in [0.25, 0.3) is 22.0 Å². The molecule has 0 unspecified atom stereocenters. The third kappa shape index (κ3) is 3.54. The number of ether oxygens (including phenoxy) is 1. The predicted octanol–water partition coefficient (Wildman–Crippen LogP) is 2.46. The number of anilines is 1. The summed E-state index contributed by atoms with van der Waals surface area (Å²) in [4.78, 5) is 32.0. The van der Waals surface area contributed by atoms with Crippen molar-refractivity contribution in [1.29, 1.82) is 0 Å². The molecule has 2 aromatic heterocycles. The highest BCUT2D eigenvalue weighted by Gasteiger charge is 2.19. The Kier molecular flexibility index (Phi) is 5.52. The normalized spacial score (nSPS) is 10.9. The number of H-pyrrole nitrogens is 1. The van der Waals surface area contributed by atoms with Crippen LogP contribution in [0.1, 0.15) is 29.3 Å². The monoisotopic (exact) mass is 366 g/mol. The number of rotatable bonds is 6. The average Bonchev–Trinajstić information content (AvgIpc) is 2.67. The quantitative estimate of drug-likeness (QED) is 0.621. The minimum Gasteiger partial charge on any atom is -0.397 e. The Hall–Kier alpha value is -3.19. The Labute approximate surface area is 156 Å². The maximum Gasteiger partial charge on any atom is 0.263 e. The van der Waals surface area contributed by atoms with Crippen molar-refractivity contribution in [2.24, 2.45) is 0 Å². The highest BCUT2D eigenvalue weighted by Crippen LogP contribution is 2.32. The molecule has 140 valence electrons. The first-order valence-corrected chi connectivity index (χ1v) is 8.73. The van der Waals surface area contributed by atoms with E-state index in [1.165, 1.54) is 0 Å². The van der Waals surface area contributed by atoms with Crippen LogP contribution in [0.5, 0.6) is 0 Å². The fraction of sp³-hybridized carbons (Fsp3) is 0.250. The summed E-state index contributed by atoms with van der Waals surface area (Å²) in [6.07, 6.45) is 4.18. The number of nitrogens with one attached hydrogen (secondary N) is 2. The van der Waals surface area contributed by atoms with Crippen LogP contribution in [0.2, 0.25) is 0 Å². The van der Waals surface area contributed by atoms with E-state index < -0.39 is 11.5 Å². The molecule has 0 bridgehead atoms. The number of nitrogen functional groups attached to an aromatic ring is 1. The minimum absolute atomic E-state index is 0.0589. The van der Waals surface area contributed by atoms with Crippen molar-refractivity contribution in [3.05, 3.63) is 58.1 Å². The number of nitrogens with two attached hydrogens (primary N) is 1. The van der Waals surface area contributed by atoms with Gasteiger partial charge in [-0.25, -0.2) is 0 Å². The zero-order valence-corrected chi connectivity index (χ0v) is 15.3. The van der Waals surface area contributed by atoms with Crippen LogP contribution in [-0.4, -0.2) is 29.5 Å². The molecule has 3 aromatic rings. The van der Waals surface area contributed by atoms with Gasteiger partial charge in [0.2, 0.25) is 0 Å². The first kappa shape index (κ1) is 18.6. The van der Waals surface area contributed by atoms with E-state index in [2.05, 4.69) is 15.3 Å². The van der Waals surface area contributed by atoms with Crippen LogP contribution in [0.15, 0.2) is 41.5 Å². The molecule has 0 aliphatic heterocycles. The van der Waals surface area contributed by atoms with E-state index in [1.54, 1.807) is 25.6 Å². The molecule has 1 aromatic carbocycles. The Morgan fingerprint density at radius 1 is 1.30 bits per heavy atom. The zero-order valence-electron chi connectivity index (χ0n) is 15.3. The second-order valence-electron chi connectivity index (χ2n) is 6.19. The molecule has 7 nitrogen and oxygen atoms in total.